The molecule has 1 heterocycles. The summed E-state index contributed by atoms with van der Waals surface area (Å²) in [5, 5.41) is 2.84. The van der Waals surface area contributed by atoms with E-state index in [1.807, 2.05) is 6.92 Å². The molecule has 2 rings (SSSR count). The van der Waals surface area contributed by atoms with Crippen molar-refractivity contribution in [3.05, 3.63) is 0 Å². The quantitative estimate of drug-likeness (QED) is 0.752. The van der Waals surface area contributed by atoms with Crippen LogP contribution in [0.2, 0.25) is 0 Å². The fraction of sp³-hybridized carbons (Fsp3) is 0.857. The third-order valence-electron chi connectivity index (χ3n) is 4.15. The molecule has 3 atom stereocenters. The van der Waals surface area contributed by atoms with E-state index in [9.17, 15) is 9.59 Å². The van der Waals surface area contributed by atoms with Crippen LogP contribution in [0, 0.1) is 5.92 Å². The SMILES string of the molecule is CCCNC(=O)C1COCCN1C(=O)C1CCCC1N. The fourth-order valence-electron chi connectivity index (χ4n) is 2.96. The van der Waals surface area contributed by atoms with Crippen molar-refractivity contribution in [1.29, 1.82) is 0 Å². The zero-order valence-electron chi connectivity index (χ0n) is 12.1. The average molecular weight is 283 g/mol. The number of ether oxygens (including phenoxy) is 1. The van der Waals surface area contributed by atoms with Gasteiger partial charge >= 0.3 is 0 Å². The average Bonchev–Trinajstić information content (AvgIpc) is 2.90. The lowest BCUT2D eigenvalue weighted by atomic mass is 10.0. The number of nitrogens with two attached hydrogens (primary N) is 1. The highest BCUT2D eigenvalue weighted by Gasteiger charge is 2.39. The third-order valence-corrected chi connectivity index (χ3v) is 4.15. The number of carbonyl (C=O) groups excluding carboxylic acids is 2. The molecule has 3 unspecified atom stereocenters. The first-order valence-electron chi connectivity index (χ1n) is 7.56. The van der Waals surface area contributed by atoms with Crippen molar-refractivity contribution in [2.45, 2.75) is 44.7 Å². The maximum atomic E-state index is 12.6. The Kier molecular flexibility index (Phi) is 5.37. The summed E-state index contributed by atoms with van der Waals surface area (Å²) in [6.07, 6.45) is 3.60. The van der Waals surface area contributed by atoms with Crippen LogP contribution in [0.5, 0.6) is 0 Å². The van der Waals surface area contributed by atoms with Gasteiger partial charge in [0, 0.05) is 19.1 Å². The number of hydrogen-bond donors (Lipinski definition) is 2. The van der Waals surface area contributed by atoms with Crippen LogP contribution in [-0.2, 0) is 14.3 Å². The Morgan fingerprint density at radius 2 is 2.20 bits per heavy atom. The largest absolute Gasteiger partial charge is 0.377 e. The molecule has 0 aromatic rings. The molecular weight excluding hydrogens is 258 g/mol. The first kappa shape index (κ1) is 15.3. The smallest absolute Gasteiger partial charge is 0.245 e. The molecule has 0 aromatic carbocycles. The third kappa shape index (κ3) is 3.30. The molecule has 1 aliphatic heterocycles. The highest BCUT2D eigenvalue weighted by atomic mass is 16.5. The van der Waals surface area contributed by atoms with Gasteiger partial charge in [-0.25, -0.2) is 0 Å². The molecule has 2 amide bonds. The Labute approximate surface area is 120 Å². The van der Waals surface area contributed by atoms with E-state index in [2.05, 4.69) is 5.32 Å². The summed E-state index contributed by atoms with van der Waals surface area (Å²) in [6.45, 7) is 3.87. The number of morpholine rings is 1. The minimum absolute atomic E-state index is 0.0231. The van der Waals surface area contributed by atoms with Crippen LogP contribution in [0.1, 0.15) is 32.6 Å². The molecule has 20 heavy (non-hydrogen) atoms. The second-order valence-corrected chi connectivity index (χ2v) is 5.61. The van der Waals surface area contributed by atoms with E-state index in [1.165, 1.54) is 0 Å². The van der Waals surface area contributed by atoms with Gasteiger partial charge in [0.25, 0.3) is 0 Å². The van der Waals surface area contributed by atoms with Crippen molar-refractivity contribution < 1.29 is 14.3 Å². The molecule has 3 N–H and O–H groups in total. The first-order valence-corrected chi connectivity index (χ1v) is 7.56. The number of rotatable bonds is 4. The van der Waals surface area contributed by atoms with Gasteiger partial charge in [0.1, 0.15) is 6.04 Å². The Morgan fingerprint density at radius 1 is 1.40 bits per heavy atom. The van der Waals surface area contributed by atoms with Crippen molar-refractivity contribution in [3.63, 3.8) is 0 Å². The van der Waals surface area contributed by atoms with Gasteiger partial charge in [-0.3, -0.25) is 9.59 Å². The van der Waals surface area contributed by atoms with E-state index in [0.717, 1.165) is 25.7 Å². The minimum atomic E-state index is -0.504. The van der Waals surface area contributed by atoms with Gasteiger partial charge in [0.2, 0.25) is 11.8 Å². The maximum Gasteiger partial charge on any atom is 0.245 e. The molecule has 0 bridgehead atoms. The lowest BCUT2D eigenvalue weighted by Gasteiger charge is -2.36. The number of nitrogens with one attached hydrogen (secondary N) is 1. The number of carbonyl (C=O) groups is 2. The lowest BCUT2D eigenvalue weighted by Crippen LogP contribution is -2.58. The molecule has 114 valence electrons. The fourth-order valence-corrected chi connectivity index (χ4v) is 2.96. The zero-order valence-corrected chi connectivity index (χ0v) is 12.1. The van der Waals surface area contributed by atoms with E-state index in [1.54, 1.807) is 4.90 Å². The molecule has 1 saturated heterocycles. The number of amides is 2. The molecule has 2 aliphatic rings. The van der Waals surface area contributed by atoms with Crippen LogP contribution in [-0.4, -0.2) is 55.1 Å². The molecule has 0 aromatic heterocycles. The van der Waals surface area contributed by atoms with Crippen molar-refractivity contribution in [3.8, 4) is 0 Å². The summed E-state index contributed by atoms with van der Waals surface area (Å²) >= 11 is 0. The van der Waals surface area contributed by atoms with Crippen LogP contribution in [0.4, 0.5) is 0 Å². The Bertz CT molecular complexity index is 362. The molecule has 0 spiro atoms. The molecule has 1 saturated carbocycles. The topological polar surface area (TPSA) is 84.7 Å². The Balaban J connectivity index is 2.02. The monoisotopic (exact) mass is 283 g/mol. The second kappa shape index (κ2) is 7.04. The predicted octanol–water partition coefficient (Wildman–Crippen LogP) is -0.133. The highest BCUT2D eigenvalue weighted by Crippen LogP contribution is 2.27. The van der Waals surface area contributed by atoms with Gasteiger partial charge in [-0.1, -0.05) is 13.3 Å². The molecule has 2 fully saturated rings. The minimum Gasteiger partial charge on any atom is -0.377 e. The van der Waals surface area contributed by atoms with Gasteiger partial charge in [0.15, 0.2) is 0 Å². The van der Waals surface area contributed by atoms with Crippen LogP contribution in [0.3, 0.4) is 0 Å². The van der Waals surface area contributed by atoms with Gasteiger partial charge in [0.05, 0.1) is 19.1 Å². The standard InChI is InChI=1S/C14H25N3O3/c1-2-6-16-13(18)12-9-20-8-7-17(12)14(19)10-4-3-5-11(10)15/h10-12H,2-9,15H2,1H3,(H,16,18). The lowest BCUT2D eigenvalue weighted by molar-refractivity contribution is -0.151. The maximum absolute atomic E-state index is 12.6. The summed E-state index contributed by atoms with van der Waals surface area (Å²) in [5.74, 6) is -0.226. The zero-order chi connectivity index (χ0) is 14.5. The van der Waals surface area contributed by atoms with E-state index in [4.69, 9.17) is 10.5 Å². The summed E-state index contributed by atoms with van der Waals surface area (Å²) < 4.78 is 5.37. The Morgan fingerprint density at radius 3 is 2.85 bits per heavy atom. The van der Waals surface area contributed by atoms with E-state index in [-0.39, 0.29) is 30.4 Å². The molecule has 6 heteroatoms. The summed E-state index contributed by atoms with van der Waals surface area (Å²) in [4.78, 5) is 26.4. The molecule has 1 aliphatic carbocycles. The highest BCUT2D eigenvalue weighted by molar-refractivity contribution is 5.89. The van der Waals surface area contributed by atoms with Crippen molar-refractivity contribution >= 4 is 11.8 Å². The predicted molar refractivity (Wildman–Crippen MR) is 74.9 cm³/mol. The van der Waals surface area contributed by atoms with Crippen LogP contribution in [0.25, 0.3) is 0 Å². The van der Waals surface area contributed by atoms with Gasteiger partial charge in [-0.05, 0) is 19.3 Å². The van der Waals surface area contributed by atoms with Gasteiger partial charge in [-0.2, -0.15) is 0 Å². The van der Waals surface area contributed by atoms with Crippen LogP contribution in [0.15, 0.2) is 0 Å². The molecular formula is C14H25N3O3. The molecule has 6 nitrogen and oxygen atoms in total. The van der Waals surface area contributed by atoms with E-state index >= 15 is 0 Å². The van der Waals surface area contributed by atoms with Gasteiger partial charge < -0.3 is 20.7 Å². The van der Waals surface area contributed by atoms with E-state index < -0.39 is 6.04 Å². The van der Waals surface area contributed by atoms with Crippen molar-refractivity contribution in [1.82, 2.24) is 10.2 Å². The van der Waals surface area contributed by atoms with Crippen molar-refractivity contribution in [2.75, 3.05) is 26.3 Å². The molecule has 0 radical (unpaired) electrons. The van der Waals surface area contributed by atoms with Gasteiger partial charge in [-0.15, -0.1) is 0 Å². The number of hydrogen-bond acceptors (Lipinski definition) is 4. The number of nitrogens with zero attached hydrogens (tertiary/aromatic N) is 1. The van der Waals surface area contributed by atoms with E-state index in [0.29, 0.717) is 19.7 Å². The van der Waals surface area contributed by atoms with Crippen molar-refractivity contribution in [2.24, 2.45) is 11.7 Å². The Hall–Kier alpha value is -1.14. The summed E-state index contributed by atoms with van der Waals surface area (Å²) in [7, 11) is 0. The normalized spacial score (nSPS) is 30.3. The van der Waals surface area contributed by atoms with Crippen LogP contribution < -0.4 is 11.1 Å². The van der Waals surface area contributed by atoms with Crippen LogP contribution >= 0.6 is 0 Å². The first-order chi connectivity index (χ1) is 9.65. The summed E-state index contributed by atoms with van der Waals surface area (Å²) in [6, 6.07) is -0.569. The second-order valence-electron chi connectivity index (χ2n) is 5.61. The summed E-state index contributed by atoms with van der Waals surface area (Å²) in [5.41, 5.74) is 6.01.